The molecule has 0 aliphatic carbocycles. The van der Waals surface area contributed by atoms with Crippen molar-refractivity contribution in [3.8, 4) is 0 Å². The van der Waals surface area contributed by atoms with Gasteiger partial charge in [-0.2, -0.15) is 0 Å². The molecule has 1 aromatic carbocycles. The number of carbonyl (C=O) groups excluding carboxylic acids is 1. The third kappa shape index (κ3) is 4.95. The number of hydrogen-bond donors (Lipinski definition) is 1. The molecule has 3 rings (SSSR count). The maximum absolute atomic E-state index is 12.4. The first-order chi connectivity index (χ1) is 10.7. The predicted molar refractivity (Wildman–Crippen MR) is 97.1 cm³/mol. The second-order valence-electron chi connectivity index (χ2n) is 6.94. The third-order valence-corrected chi connectivity index (χ3v) is 5.25. The molecule has 0 bridgehead atoms. The quantitative estimate of drug-likeness (QED) is 0.914. The van der Waals surface area contributed by atoms with Gasteiger partial charge in [-0.05, 0) is 63.5 Å². The van der Waals surface area contributed by atoms with Crippen LogP contribution in [0.5, 0.6) is 0 Å². The summed E-state index contributed by atoms with van der Waals surface area (Å²) in [6.07, 6.45) is 6.93. The summed E-state index contributed by atoms with van der Waals surface area (Å²) in [5, 5.41) is 3.32. The lowest BCUT2D eigenvalue weighted by molar-refractivity contribution is -0.134. The standard InChI is InChI=1S/C19H28N2O.ClH/c1-15-4-6-16(7-5-15)8-9-17-10-13-21(14-11-17)19(22)18-3-2-12-20-18;/h4-7,17-18,20H,2-3,8-14H2,1H3;1H/t18-;/m0./s1. The Morgan fingerprint density at radius 1 is 1.17 bits per heavy atom. The highest BCUT2D eigenvalue weighted by Crippen LogP contribution is 2.23. The van der Waals surface area contributed by atoms with Gasteiger partial charge in [-0.15, -0.1) is 12.4 Å². The molecule has 0 saturated carbocycles. The zero-order chi connectivity index (χ0) is 15.4. The van der Waals surface area contributed by atoms with Crippen LogP contribution in [0.2, 0.25) is 0 Å². The molecular weight excluding hydrogens is 308 g/mol. The van der Waals surface area contributed by atoms with E-state index in [2.05, 4.69) is 41.4 Å². The van der Waals surface area contributed by atoms with Gasteiger partial charge in [-0.25, -0.2) is 0 Å². The highest BCUT2D eigenvalue weighted by molar-refractivity contribution is 5.85. The molecule has 1 atom stereocenters. The van der Waals surface area contributed by atoms with Crippen LogP contribution >= 0.6 is 12.4 Å². The summed E-state index contributed by atoms with van der Waals surface area (Å²) in [7, 11) is 0. The van der Waals surface area contributed by atoms with E-state index in [1.165, 1.54) is 36.8 Å². The van der Waals surface area contributed by atoms with Crippen LogP contribution < -0.4 is 5.32 Å². The summed E-state index contributed by atoms with van der Waals surface area (Å²) < 4.78 is 0. The van der Waals surface area contributed by atoms with E-state index in [0.29, 0.717) is 5.91 Å². The van der Waals surface area contributed by atoms with Crippen LogP contribution in [0.1, 0.15) is 43.2 Å². The van der Waals surface area contributed by atoms with Crippen molar-refractivity contribution < 1.29 is 4.79 Å². The number of amides is 1. The summed E-state index contributed by atoms with van der Waals surface area (Å²) >= 11 is 0. The highest BCUT2D eigenvalue weighted by Gasteiger charge is 2.29. The van der Waals surface area contributed by atoms with E-state index in [1.807, 2.05) is 0 Å². The molecule has 2 heterocycles. The second kappa shape index (κ2) is 8.70. The third-order valence-electron chi connectivity index (χ3n) is 5.25. The van der Waals surface area contributed by atoms with E-state index in [9.17, 15) is 4.79 Å². The molecule has 2 aliphatic heterocycles. The van der Waals surface area contributed by atoms with Crippen molar-refractivity contribution in [2.75, 3.05) is 19.6 Å². The summed E-state index contributed by atoms with van der Waals surface area (Å²) in [6.45, 7) is 5.05. The molecule has 1 amide bonds. The average Bonchev–Trinajstić information content (AvgIpc) is 3.09. The number of hydrogen-bond acceptors (Lipinski definition) is 2. The molecule has 1 aromatic rings. The van der Waals surface area contributed by atoms with Crippen LogP contribution in [0.3, 0.4) is 0 Å². The van der Waals surface area contributed by atoms with Gasteiger partial charge in [0.05, 0.1) is 6.04 Å². The monoisotopic (exact) mass is 336 g/mol. The Hall–Kier alpha value is -1.06. The number of likely N-dealkylation sites (tertiary alicyclic amines) is 1. The SMILES string of the molecule is Cc1ccc(CCC2CCN(C(=O)[C@@H]3CCCN3)CC2)cc1.Cl. The lowest BCUT2D eigenvalue weighted by Crippen LogP contribution is -2.47. The fourth-order valence-electron chi connectivity index (χ4n) is 3.68. The number of halogens is 1. The Morgan fingerprint density at radius 3 is 2.48 bits per heavy atom. The molecule has 2 aliphatic rings. The Kier molecular flexibility index (Phi) is 6.91. The van der Waals surface area contributed by atoms with Crippen LogP contribution in [0.4, 0.5) is 0 Å². The average molecular weight is 337 g/mol. The lowest BCUT2D eigenvalue weighted by Gasteiger charge is -2.33. The van der Waals surface area contributed by atoms with Gasteiger partial charge in [0.15, 0.2) is 0 Å². The largest absolute Gasteiger partial charge is 0.341 e. The van der Waals surface area contributed by atoms with Gasteiger partial charge in [-0.3, -0.25) is 4.79 Å². The van der Waals surface area contributed by atoms with Crippen molar-refractivity contribution in [2.24, 2.45) is 5.92 Å². The molecule has 23 heavy (non-hydrogen) atoms. The van der Waals surface area contributed by atoms with E-state index in [1.54, 1.807) is 0 Å². The number of aryl methyl sites for hydroxylation is 2. The number of carbonyl (C=O) groups is 1. The number of rotatable bonds is 4. The van der Waals surface area contributed by atoms with Gasteiger partial charge in [0.2, 0.25) is 5.91 Å². The van der Waals surface area contributed by atoms with Gasteiger partial charge < -0.3 is 10.2 Å². The smallest absolute Gasteiger partial charge is 0.239 e. The minimum atomic E-state index is 0. The van der Waals surface area contributed by atoms with E-state index in [0.717, 1.165) is 38.4 Å². The molecule has 1 N–H and O–H groups in total. The van der Waals surface area contributed by atoms with Crippen LogP contribution in [-0.4, -0.2) is 36.5 Å². The normalized spacial score (nSPS) is 22.0. The van der Waals surface area contributed by atoms with Crippen molar-refractivity contribution in [3.63, 3.8) is 0 Å². The van der Waals surface area contributed by atoms with Crippen LogP contribution in [-0.2, 0) is 11.2 Å². The Bertz CT molecular complexity index is 489. The maximum Gasteiger partial charge on any atom is 0.239 e. The number of benzene rings is 1. The fraction of sp³-hybridized carbons (Fsp3) is 0.632. The first-order valence-corrected chi connectivity index (χ1v) is 8.80. The molecule has 2 saturated heterocycles. The van der Waals surface area contributed by atoms with E-state index < -0.39 is 0 Å². The van der Waals surface area contributed by atoms with E-state index in [-0.39, 0.29) is 18.4 Å². The summed E-state index contributed by atoms with van der Waals surface area (Å²) in [4.78, 5) is 14.5. The highest BCUT2D eigenvalue weighted by atomic mass is 35.5. The van der Waals surface area contributed by atoms with Crippen molar-refractivity contribution in [1.82, 2.24) is 10.2 Å². The molecular formula is C19H29ClN2O. The van der Waals surface area contributed by atoms with Crippen molar-refractivity contribution in [1.29, 1.82) is 0 Å². The summed E-state index contributed by atoms with van der Waals surface area (Å²) in [5.41, 5.74) is 2.77. The van der Waals surface area contributed by atoms with Crippen LogP contribution in [0, 0.1) is 12.8 Å². The molecule has 0 spiro atoms. The van der Waals surface area contributed by atoms with Gasteiger partial charge in [0, 0.05) is 13.1 Å². The second-order valence-corrected chi connectivity index (χ2v) is 6.94. The zero-order valence-electron chi connectivity index (χ0n) is 14.1. The Labute approximate surface area is 146 Å². The number of nitrogens with zero attached hydrogens (tertiary/aromatic N) is 1. The first kappa shape index (κ1) is 18.3. The van der Waals surface area contributed by atoms with Gasteiger partial charge in [0.25, 0.3) is 0 Å². The molecule has 4 heteroatoms. The fourth-order valence-corrected chi connectivity index (χ4v) is 3.68. The van der Waals surface area contributed by atoms with Gasteiger partial charge >= 0.3 is 0 Å². The molecule has 128 valence electrons. The predicted octanol–water partition coefficient (Wildman–Crippen LogP) is 3.34. The first-order valence-electron chi connectivity index (χ1n) is 8.80. The number of nitrogens with one attached hydrogen (secondary N) is 1. The molecule has 0 radical (unpaired) electrons. The van der Waals surface area contributed by atoms with Gasteiger partial charge in [0.1, 0.15) is 0 Å². The maximum atomic E-state index is 12.4. The van der Waals surface area contributed by atoms with Crippen LogP contribution in [0.15, 0.2) is 24.3 Å². The van der Waals surface area contributed by atoms with E-state index >= 15 is 0 Å². The Morgan fingerprint density at radius 2 is 1.87 bits per heavy atom. The topological polar surface area (TPSA) is 32.3 Å². The molecule has 2 fully saturated rings. The van der Waals surface area contributed by atoms with E-state index in [4.69, 9.17) is 0 Å². The molecule has 3 nitrogen and oxygen atoms in total. The van der Waals surface area contributed by atoms with Gasteiger partial charge in [-0.1, -0.05) is 29.8 Å². The molecule has 0 unspecified atom stereocenters. The Balaban J connectivity index is 0.00000192. The zero-order valence-corrected chi connectivity index (χ0v) is 14.9. The van der Waals surface area contributed by atoms with Crippen molar-refractivity contribution in [3.05, 3.63) is 35.4 Å². The summed E-state index contributed by atoms with van der Waals surface area (Å²) in [6, 6.07) is 9.00. The van der Waals surface area contributed by atoms with Crippen LogP contribution in [0.25, 0.3) is 0 Å². The molecule has 0 aromatic heterocycles. The summed E-state index contributed by atoms with van der Waals surface area (Å²) in [5.74, 6) is 1.12. The number of piperidine rings is 1. The van der Waals surface area contributed by atoms with Crippen molar-refractivity contribution in [2.45, 2.75) is 51.5 Å². The minimum absolute atomic E-state index is 0. The lowest BCUT2D eigenvalue weighted by atomic mass is 9.90. The van der Waals surface area contributed by atoms with Crippen molar-refractivity contribution >= 4 is 18.3 Å². The minimum Gasteiger partial charge on any atom is -0.341 e.